The van der Waals surface area contributed by atoms with Gasteiger partial charge in [0.05, 0.1) is 19.2 Å². The van der Waals surface area contributed by atoms with Crippen molar-refractivity contribution in [2.45, 2.75) is 26.4 Å². The molecule has 1 aromatic carbocycles. The molecule has 1 aromatic rings. The van der Waals surface area contributed by atoms with E-state index in [1.165, 1.54) is 13.2 Å². The van der Waals surface area contributed by atoms with Gasteiger partial charge in [0.2, 0.25) is 0 Å². The Kier molecular flexibility index (Phi) is 5.81. The molecule has 0 bridgehead atoms. The molecule has 2 N–H and O–H groups in total. The molecular formula is C16H19NO5. The Morgan fingerprint density at radius 3 is 2.64 bits per heavy atom. The first-order valence-electron chi connectivity index (χ1n) is 6.59. The number of methoxy groups -OCH3 is 1. The summed E-state index contributed by atoms with van der Waals surface area (Å²) in [6.45, 7) is 5.33. The van der Waals surface area contributed by atoms with Crippen molar-refractivity contribution in [3.8, 4) is 23.3 Å². The van der Waals surface area contributed by atoms with Crippen LogP contribution in [-0.2, 0) is 4.74 Å². The lowest BCUT2D eigenvalue weighted by Crippen LogP contribution is -2.32. The molecule has 6 heteroatoms. The number of carbonyl (C=O) groups is 2. The zero-order valence-electron chi connectivity index (χ0n) is 13.0. The first-order chi connectivity index (χ1) is 10.3. The molecule has 0 saturated carbocycles. The van der Waals surface area contributed by atoms with E-state index >= 15 is 0 Å². The molecule has 1 amide bonds. The van der Waals surface area contributed by atoms with Crippen LogP contribution in [0, 0.1) is 11.8 Å². The number of hydrogen-bond donors (Lipinski definition) is 2. The normalized spacial score (nSPS) is 10.2. The fourth-order valence-electron chi connectivity index (χ4n) is 1.55. The Morgan fingerprint density at radius 2 is 2.09 bits per heavy atom. The molecule has 0 aliphatic rings. The summed E-state index contributed by atoms with van der Waals surface area (Å²) in [7, 11) is 1.39. The summed E-state index contributed by atoms with van der Waals surface area (Å²) in [6, 6.07) is 3.07. The number of aromatic hydroxyl groups is 1. The van der Waals surface area contributed by atoms with Crippen LogP contribution in [0.15, 0.2) is 12.1 Å². The number of nitrogens with one attached hydrogen (secondary N) is 1. The van der Waals surface area contributed by atoms with Gasteiger partial charge in [-0.25, -0.2) is 4.79 Å². The number of hydrogen-bond acceptors (Lipinski definition) is 5. The van der Waals surface area contributed by atoms with Crippen LogP contribution in [0.1, 0.15) is 36.7 Å². The number of alkyl carbamates (subject to hydrolysis) is 1. The van der Waals surface area contributed by atoms with Crippen LogP contribution < -0.4 is 10.1 Å². The largest absolute Gasteiger partial charge is 0.504 e. The van der Waals surface area contributed by atoms with Gasteiger partial charge in [-0.3, -0.25) is 4.79 Å². The monoisotopic (exact) mass is 305 g/mol. The van der Waals surface area contributed by atoms with Gasteiger partial charge in [0.25, 0.3) is 0 Å². The second kappa shape index (κ2) is 7.36. The maximum absolute atomic E-state index is 11.4. The third-order valence-corrected chi connectivity index (χ3v) is 2.46. The summed E-state index contributed by atoms with van der Waals surface area (Å²) in [5.74, 6) is 5.33. The number of aldehydes is 1. The van der Waals surface area contributed by atoms with Gasteiger partial charge in [0, 0.05) is 5.56 Å². The summed E-state index contributed by atoms with van der Waals surface area (Å²) in [5, 5.41) is 12.3. The molecule has 0 atom stereocenters. The van der Waals surface area contributed by atoms with E-state index in [1.807, 2.05) is 0 Å². The number of rotatable bonds is 3. The van der Waals surface area contributed by atoms with Crippen molar-refractivity contribution in [2.75, 3.05) is 13.7 Å². The first-order valence-corrected chi connectivity index (χ1v) is 6.59. The lowest BCUT2D eigenvalue weighted by molar-refractivity contribution is 0.0535. The maximum atomic E-state index is 11.4. The highest BCUT2D eigenvalue weighted by Gasteiger charge is 2.15. The van der Waals surface area contributed by atoms with Crippen LogP contribution in [0.3, 0.4) is 0 Å². The number of phenols is 1. The Bertz CT molecular complexity index is 620. The smallest absolute Gasteiger partial charge is 0.408 e. The molecule has 0 radical (unpaired) electrons. The summed E-state index contributed by atoms with van der Waals surface area (Å²) in [4.78, 5) is 22.5. The molecule has 0 heterocycles. The minimum Gasteiger partial charge on any atom is -0.504 e. The molecule has 0 aromatic heterocycles. The minimum atomic E-state index is -0.579. The molecule has 1 rings (SSSR count). The van der Waals surface area contributed by atoms with Crippen molar-refractivity contribution in [2.24, 2.45) is 0 Å². The number of amides is 1. The molecule has 0 saturated heterocycles. The van der Waals surface area contributed by atoms with E-state index in [0.29, 0.717) is 11.8 Å². The molecule has 0 unspecified atom stereocenters. The summed E-state index contributed by atoms with van der Waals surface area (Å²) in [5.41, 5.74) is -0.187. The van der Waals surface area contributed by atoms with Gasteiger partial charge in [-0.15, -0.1) is 0 Å². The van der Waals surface area contributed by atoms with Gasteiger partial charge in [0.15, 0.2) is 17.8 Å². The first kappa shape index (κ1) is 17.4. The Hall–Kier alpha value is -2.68. The van der Waals surface area contributed by atoms with Crippen molar-refractivity contribution >= 4 is 12.4 Å². The number of phenolic OH excluding ortho intramolecular Hbond substituents is 1. The summed E-state index contributed by atoms with van der Waals surface area (Å²) in [6.07, 6.45) is -0.0709. The molecule has 0 spiro atoms. The zero-order valence-corrected chi connectivity index (χ0v) is 13.0. The second-order valence-electron chi connectivity index (χ2n) is 5.35. The Balaban J connectivity index is 2.75. The molecule has 118 valence electrons. The van der Waals surface area contributed by atoms with E-state index in [0.717, 1.165) is 0 Å². The van der Waals surface area contributed by atoms with Gasteiger partial charge in [-0.2, -0.15) is 0 Å². The quantitative estimate of drug-likeness (QED) is 0.660. The predicted molar refractivity (Wildman–Crippen MR) is 81.2 cm³/mol. The van der Waals surface area contributed by atoms with Crippen LogP contribution in [-0.4, -0.2) is 36.7 Å². The van der Waals surface area contributed by atoms with Crippen LogP contribution in [0.25, 0.3) is 0 Å². The predicted octanol–water partition coefficient (Wildman–Crippen LogP) is 2.09. The van der Waals surface area contributed by atoms with Crippen LogP contribution >= 0.6 is 0 Å². The Labute approximate surface area is 129 Å². The SMILES string of the molecule is COc1ccc(C#CCNC(=O)OC(C)(C)C)c(C=O)c1O. The average molecular weight is 305 g/mol. The Morgan fingerprint density at radius 1 is 1.41 bits per heavy atom. The fraction of sp³-hybridized carbons (Fsp3) is 0.375. The van der Waals surface area contributed by atoms with Crippen molar-refractivity contribution < 1.29 is 24.2 Å². The van der Waals surface area contributed by atoms with E-state index < -0.39 is 11.7 Å². The van der Waals surface area contributed by atoms with Crippen molar-refractivity contribution in [3.63, 3.8) is 0 Å². The lowest BCUT2D eigenvalue weighted by atomic mass is 10.1. The van der Waals surface area contributed by atoms with E-state index in [2.05, 4.69) is 17.2 Å². The third-order valence-electron chi connectivity index (χ3n) is 2.46. The summed E-state index contributed by atoms with van der Waals surface area (Å²) >= 11 is 0. The highest BCUT2D eigenvalue weighted by Crippen LogP contribution is 2.30. The van der Waals surface area contributed by atoms with Crippen molar-refractivity contribution in [3.05, 3.63) is 23.3 Å². The van der Waals surface area contributed by atoms with Crippen molar-refractivity contribution in [1.29, 1.82) is 0 Å². The lowest BCUT2D eigenvalue weighted by Gasteiger charge is -2.19. The van der Waals surface area contributed by atoms with Gasteiger partial charge in [-0.05, 0) is 32.9 Å². The maximum Gasteiger partial charge on any atom is 0.408 e. The molecule has 0 fully saturated rings. The molecule has 0 aliphatic heterocycles. The molecule has 22 heavy (non-hydrogen) atoms. The zero-order chi connectivity index (χ0) is 16.8. The van der Waals surface area contributed by atoms with Gasteiger partial charge >= 0.3 is 6.09 Å². The van der Waals surface area contributed by atoms with Crippen LogP contribution in [0.2, 0.25) is 0 Å². The highest BCUT2D eigenvalue weighted by atomic mass is 16.6. The van der Waals surface area contributed by atoms with Crippen molar-refractivity contribution in [1.82, 2.24) is 5.32 Å². The van der Waals surface area contributed by atoms with E-state index in [1.54, 1.807) is 26.8 Å². The molecule has 0 aliphatic carbocycles. The standard InChI is InChI=1S/C16H19NO5/c1-16(2,3)22-15(20)17-9-5-6-11-7-8-13(21-4)14(19)12(11)10-18/h7-8,10,19H,9H2,1-4H3,(H,17,20). The van der Waals surface area contributed by atoms with Gasteiger partial charge < -0.3 is 19.9 Å². The van der Waals surface area contributed by atoms with Crippen LogP contribution in [0.5, 0.6) is 11.5 Å². The topological polar surface area (TPSA) is 84.9 Å². The second-order valence-corrected chi connectivity index (χ2v) is 5.35. The number of carbonyl (C=O) groups excluding carboxylic acids is 2. The summed E-state index contributed by atoms with van der Waals surface area (Å²) < 4.78 is 9.97. The van der Waals surface area contributed by atoms with Gasteiger partial charge in [-0.1, -0.05) is 11.8 Å². The van der Waals surface area contributed by atoms with E-state index in [4.69, 9.17) is 9.47 Å². The average Bonchev–Trinajstić information content (AvgIpc) is 2.42. The number of benzene rings is 1. The number of ether oxygens (including phenoxy) is 2. The molecular weight excluding hydrogens is 286 g/mol. The van der Waals surface area contributed by atoms with Gasteiger partial charge in [0.1, 0.15) is 5.60 Å². The van der Waals surface area contributed by atoms with E-state index in [-0.39, 0.29) is 23.6 Å². The third kappa shape index (κ3) is 5.02. The van der Waals surface area contributed by atoms with E-state index in [9.17, 15) is 14.7 Å². The highest BCUT2D eigenvalue weighted by molar-refractivity contribution is 5.85. The van der Waals surface area contributed by atoms with Crippen LogP contribution in [0.4, 0.5) is 4.79 Å². The fourth-order valence-corrected chi connectivity index (χ4v) is 1.55. The molecule has 6 nitrogen and oxygen atoms in total. The minimum absolute atomic E-state index is 0.0455.